The van der Waals surface area contributed by atoms with Crippen molar-refractivity contribution in [1.82, 2.24) is 0 Å². The first-order chi connectivity index (χ1) is 14.0. The van der Waals surface area contributed by atoms with E-state index in [0.29, 0.717) is 29.6 Å². The first kappa shape index (κ1) is 23.1. The smallest absolute Gasteiger partial charge is 0.0985 e. The molecule has 0 aliphatic heterocycles. The lowest BCUT2D eigenvalue weighted by atomic mass is 9.42. The van der Waals surface area contributed by atoms with Crippen molar-refractivity contribution >= 4 is 0 Å². The summed E-state index contributed by atoms with van der Waals surface area (Å²) in [5.74, 6) is 4.13. The van der Waals surface area contributed by atoms with Crippen LogP contribution in [0.1, 0.15) is 105 Å². The number of aliphatic hydroxyl groups excluding tert-OH is 2. The Morgan fingerprint density at radius 2 is 1.63 bits per heavy atom. The van der Waals surface area contributed by atoms with Crippen LogP contribution in [0.15, 0.2) is 0 Å². The highest BCUT2D eigenvalue weighted by atomic mass is 16.3. The molecule has 0 aromatic rings. The Kier molecular flexibility index (Phi) is 6.17. The molecule has 3 nitrogen and oxygen atoms in total. The number of aliphatic hydroxyl groups is 3. The molecule has 0 aromatic heterocycles. The minimum absolute atomic E-state index is 0.253. The maximum atomic E-state index is 11.6. The van der Waals surface area contributed by atoms with Gasteiger partial charge < -0.3 is 15.3 Å². The van der Waals surface area contributed by atoms with Crippen LogP contribution >= 0.6 is 0 Å². The van der Waals surface area contributed by atoms with Crippen molar-refractivity contribution in [2.75, 3.05) is 0 Å². The molecule has 3 heteroatoms. The molecule has 0 bridgehead atoms. The maximum absolute atomic E-state index is 11.6. The van der Waals surface area contributed by atoms with Gasteiger partial charge in [-0.15, -0.1) is 0 Å². The number of rotatable bonds is 5. The van der Waals surface area contributed by atoms with Gasteiger partial charge in [-0.25, -0.2) is 0 Å². The second kappa shape index (κ2) is 8.03. The van der Waals surface area contributed by atoms with Gasteiger partial charge in [-0.2, -0.15) is 0 Å². The zero-order chi connectivity index (χ0) is 21.9. The van der Waals surface area contributed by atoms with Crippen LogP contribution in [0.2, 0.25) is 0 Å². The van der Waals surface area contributed by atoms with Crippen LogP contribution in [0.5, 0.6) is 0 Å². The van der Waals surface area contributed by atoms with E-state index >= 15 is 0 Å². The molecule has 0 saturated heterocycles. The predicted molar refractivity (Wildman–Crippen MR) is 122 cm³/mol. The zero-order valence-electron chi connectivity index (χ0n) is 20.2. The Morgan fingerprint density at radius 1 is 0.900 bits per heavy atom. The fourth-order valence-electron chi connectivity index (χ4n) is 9.29. The van der Waals surface area contributed by atoms with Crippen molar-refractivity contribution in [3.8, 4) is 0 Å². The van der Waals surface area contributed by atoms with Crippen molar-refractivity contribution in [3.63, 3.8) is 0 Å². The number of fused-ring (bicyclic) bond motifs is 5. The summed E-state index contributed by atoms with van der Waals surface area (Å²) in [6.45, 7) is 12.0. The summed E-state index contributed by atoms with van der Waals surface area (Å²) < 4.78 is 0. The van der Waals surface area contributed by atoms with Crippen LogP contribution in [0.3, 0.4) is 0 Å². The van der Waals surface area contributed by atoms with Crippen molar-refractivity contribution in [2.45, 2.75) is 123 Å². The molecule has 10 atom stereocenters. The Bertz CT molecular complexity index is 619. The first-order valence-electron chi connectivity index (χ1n) is 13.1. The molecule has 0 aromatic carbocycles. The fourth-order valence-corrected chi connectivity index (χ4v) is 9.29. The summed E-state index contributed by atoms with van der Waals surface area (Å²) in [6.07, 6.45) is 10.7. The average molecular weight is 421 g/mol. The topological polar surface area (TPSA) is 60.7 Å². The van der Waals surface area contributed by atoms with E-state index < -0.39 is 17.8 Å². The van der Waals surface area contributed by atoms with Crippen LogP contribution in [-0.4, -0.2) is 33.1 Å². The summed E-state index contributed by atoms with van der Waals surface area (Å²) in [7, 11) is 0. The third kappa shape index (κ3) is 3.41. The molecule has 0 amide bonds. The summed E-state index contributed by atoms with van der Waals surface area (Å²) in [6, 6.07) is 0. The standard InChI is InChI=1S/C27H48O3/c1-17(2)7-6-8-18(3)21-9-10-22-20-15-24(29)27(30)16-19(28)11-14-26(27,5)23(20)12-13-25(21,22)4/h17-24,28-30H,6-16H2,1-5H3/t18-,19+,20-,21-,22-,23-,24-,25-,26+,27+/m1/s1. The Balaban J connectivity index is 1.53. The van der Waals surface area contributed by atoms with E-state index in [1.807, 2.05) is 0 Å². The van der Waals surface area contributed by atoms with E-state index in [1.54, 1.807) is 0 Å². The molecule has 4 aliphatic rings. The largest absolute Gasteiger partial charge is 0.393 e. The van der Waals surface area contributed by atoms with Crippen LogP contribution in [-0.2, 0) is 0 Å². The minimum atomic E-state index is -1.11. The van der Waals surface area contributed by atoms with Gasteiger partial charge in [-0.3, -0.25) is 0 Å². The van der Waals surface area contributed by atoms with Gasteiger partial charge in [0.1, 0.15) is 0 Å². The molecule has 30 heavy (non-hydrogen) atoms. The van der Waals surface area contributed by atoms with Crippen molar-refractivity contribution in [2.24, 2.45) is 46.3 Å². The summed E-state index contributed by atoms with van der Waals surface area (Å²) >= 11 is 0. The van der Waals surface area contributed by atoms with E-state index in [2.05, 4.69) is 34.6 Å². The summed E-state index contributed by atoms with van der Waals surface area (Å²) in [5.41, 5.74) is -0.962. The molecule has 3 N–H and O–H groups in total. The van der Waals surface area contributed by atoms with E-state index in [4.69, 9.17) is 0 Å². The van der Waals surface area contributed by atoms with E-state index in [1.165, 1.54) is 44.9 Å². The van der Waals surface area contributed by atoms with Gasteiger partial charge in [0.05, 0.1) is 17.8 Å². The molecule has 4 saturated carbocycles. The quantitative estimate of drug-likeness (QED) is 0.546. The molecule has 174 valence electrons. The van der Waals surface area contributed by atoms with Crippen LogP contribution < -0.4 is 0 Å². The molecule has 4 aliphatic carbocycles. The zero-order valence-corrected chi connectivity index (χ0v) is 20.2. The van der Waals surface area contributed by atoms with Crippen molar-refractivity contribution < 1.29 is 15.3 Å². The number of hydrogen-bond donors (Lipinski definition) is 3. The van der Waals surface area contributed by atoms with E-state index in [0.717, 1.165) is 37.0 Å². The van der Waals surface area contributed by atoms with Gasteiger partial charge in [0.2, 0.25) is 0 Å². The third-order valence-electron chi connectivity index (χ3n) is 11.0. The fraction of sp³-hybridized carbons (Fsp3) is 1.00. The molecular formula is C27H48O3. The van der Waals surface area contributed by atoms with Gasteiger partial charge in [0.25, 0.3) is 0 Å². The van der Waals surface area contributed by atoms with Crippen molar-refractivity contribution in [3.05, 3.63) is 0 Å². The first-order valence-corrected chi connectivity index (χ1v) is 13.1. The summed E-state index contributed by atoms with van der Waals surface area (Å²) in [5, 5.41) is 33.0. The van der Waals surface area contributed by atoms with Gasteiger partial charge >= 0.3 is 0 Å². The number of hydrogen-bond acceptors (Lipinski definition) is 3. The molecule has 4 fully saturated rings. The van der Waals surface area contributed by atoms with Crippen LogP contribution in [0.4, 0.5) is 0 Å². The van der Waals surface area contributed by atoms with E-state index in [-0.39, 0.29) is 5.41 Å². The monoisotopic (exact) mass is 420 g/mol. The Labute approximate surface area is 185 Å². The van der Waals surface area contributed by atoms with Gasteiger partial charge in [-0.05, 0) is 85.9 Å². The Morgan fingerprint density at radius 3 is 2.33 bits per heavy atom. The molecule has 0 heterocycles. The van der Waals surface area contributed by atoms with Crippen LogP contribution in [0.25, 0.3) is 0 Å². The van der Waals surface area contributed by atoms with Gasteiger partial charge in [-0.1, -0.05) is 53.9 Å². The molecule has 0 radical (unpaired) electrons. The second-order valence-corrected chi connectivity index (χ2v) is 12.9. The molecular weight excluding hydrogens is 372 g/mol. The van der Waals surface area contributed by atoms with Crippen LogP contribution in [0, 0.1) is 46.3 Å². The normalized spacial score (nSPS) is 51.9. The molecule has 0 spiro atoms. The van der Waals surface area contributed by atoms with Gasteiger partial charge in [0.15, 0.2) is 0 Å². The van der Waals surface area contributed by atoms with Gasteiger partial charge in [0, 0.05) is 11.8 Å². The highest BCUT2D eigenvalue weighted by Crippen LogP contribution is 2.69. The van der Waals surface area contributed by atoms with E-state index in [9.17, 15) is 15.3 Å². The SMILES string of the molecule is CC(C)CCC[C@@H](C)[C@H]1CC[C@@H]2[C@H]3C[C@@H](O)[C@@]4(O)C[C@@H](O)CC[C@@]4(C)[C@@H]3CC[C@@]21C. The second-order valence-electron chi connectivity index (χ2n) is 12.9. The maximum Gasteiger partial charge on any atom is 0.0985 e. The Hall–Kier alpha value is -0.120. The highest BCUT2D eigenvalue weighted by molar-refractivity contribution is 5.17. The van der Waals surface area contributed by atoms with Crippen molar-refractivity contribution in [1.29, 1.82) is 0 Å². The lowest BCUT2D eigenvalue weighted by molar-refractivity contribution is -0.264. The third-order valence-corrected chi connectivity index (χ3v) is 11.0. The lowest BCUT2D eigenvalue weighted by Crippen LogP contribution is -2.68. The predicted octanol–water partition coefficient (Wildman–Crippen LogP) is 5.55. The average Bonchev–Trinajstić information content (AvgIpc) is 3.01. The molecule has 4 rings (SSSR count). The lowest BCUT2D eigenvalue weighted by Gasteiger charge is -2.65. The summed E-state index contributed by atoms with van der Waals surface area (Å²) in [4.78, 5) is 0. The highest BCUT2D eigenvalue weighted by Gasteiger charge is 2.67. The molecule has 0 unspecified atom stereocenters. The minimum Gasteiger partial charge on any atom is -0.393 e.